The molecule has 0 aliphatic carbocycles. The lowest BCUT2D eigenvalue weighted by Gasteiger charge is -2.06. The van der Waals surface area contributed by atoms with Crippen LogP contribution in [0.25, 0.3) is 0 Å². The minimum atomic E-state index is -1.31. The van der Waals surface area contributed by atoms with Crippen LogP contribution < -0.4 is 15.7 Å². The van der Waals surface area contributed by atoms with E-state index in [0.29, 0.717) is 5.69 Å². The van der Waals surface area contributed by atoms with Gasteiger partial charge in [-0.3, -0.25) is 19.7 Å². The van der Waals surface area contributed by atoms with Crippen molar-refractivity contribution in [2.45, 2.75) is 12.8 Å². The summed E-state index contributed by atoms with van der Waals surface area (Å²) in [4.78, 5) is 44.3. The number of hydrogen-bond acceptors (Lipinski definition) is 5. The molecule has 0 radical (unpaired) electrons. The van der Waals surface area contributed by atoms with Crippen LogP contribution in [0.2, 0.25) is 0 Å². The van der Waals surface area contributed by atoms with E-state index in [1.54, 1.807) is 0 Å². The van der Waals surface area contributed by atoms with Crippen LogP contribution in [-0.2, 0) is 9.59 Å². The summed E-state index contributed by atoms with van der Waals surface area (Å²) in [6, 6.07) is 4.25. The van der Waals surface area contributed by atoms with Gasteiger partial charge < -0.3 is 15.2 Å². The number of aliphatic carboxylic acids is 1. The zero-order valence-electron chi connectivity index (χ0n) is 9.69. The van der Waals surface area contributed by atoms with Crippen LogP contribution in [0.5, 0.6) is 0 Å². The molecule has 7 nitrogen and oxygen atoms in total. The van der Waals surface area contributed by atoms with Crippen LogP contribution >= 0.6 is 0 Å². The molecular formula is C12H9N2O5-. The standard InChI is InChI=1S/C12H10N2O5/c15-9(3-4-10(16)17)13-6-1-2-7-8(5-6)12(19)14-11(7)18/h1-2,5H,3-4H2,(H,13,15)(H,16,17)(H,14,18,19)/p-1. The van der Waals surface area contributed by atoms with Crippen LogP contribution in [0.15, 0.2) is 18.2 Å². The van der Waals surface area contributed by atoms with Gasteiger partial charge in [-0.15, -0.1) is 0 Å². The fourth-order valence-corrected chi connectivity index (χ4v) is 1.68. The average molecular weight is 261 g/mol. The van der Waals surface area contributed by atoms with Crippen molar-refractivity contribution in [1.82, 2.24) is 5.32 Å². The van der Waals surface area contributed by atoms with Gasteiger partial charge in [0, 0.05) is 18.1 Å². The molecule has 1 aliphatic rings. The Morgan fingerprint density at radius 2 is 1.79 bits per heavy atom. The Kier molecular flexibility index (Phi) is 3.28. The summed E-state index contributed by atoms with van der Waals surface area (Å²) in [6.07, 6.45) is -0.597. The van der Waals surface area contributed by atoms with Crippen LogP contribution in [-0.4, -0.2) is 23.7 Å². The number of anilines is 1. The van der Waals surface area contributed by atoms with Crippen LogP contribution in [0.4, 0.5) is 5.69 Å². The number of hydrogen-bond donors (Lipinski definition) is 2. The highest BCUT2D eigenvalue weighted by Gasteiger charge is 2.26. The van der Waals surface area contributed by atoms with Crippen molar-refractivity contribution >= 4 is 29.4 Å². The van der Waals surface area contributed by atoms with E-state index in [9.17, 15) is 24.3 Å². The summed E-state index contributed by atoms with van der Waals surface area (Å²) < 4.78 is 0. The van der Waals surface area contributed by atoms with E-state index < -0.39 is 23.7 Å². The minimum absolute atomic E-state index is 0.183. The molecule has 0 unspecified atom stereocenters. The highest BCUT2D eigenvalue weighted by molar-refractivity contribution is 6.22. The first-order chi connectivity index (χ1) is 8.97. The molecule has 1 aliphatic heterocycles. The minimum Gasteiger partial charge on any atom is -0.550 e. The van der Waals surface area contributed by atoms with Gasteiger partial charge in [0.05, 0.1) is 11.1 Å². The fraction of sp³-hybridized carbons (Fsp3) is 0.167. The lowest BCUT2D eigenvalue weighted by atomic mass is 10.1. The Labute approximate surface area is 107 Å². The molecule has 98 valence electrons. The van der Waals surface area contributed by atoms with Crippen molar-refractivity contribution in [3.63, 3.8) is 0 Å². The Bertz CT molecular complexity index is 594. The van der Waals surface area contributed by atoms with E-state index in [2.05, 4.69) is 10.6 Å². The highest BCUT2D eigenvalue weighted by Crippen LogP contribution is 2.20. The number of nitrogens with one attached hydrogen (secondary N) is 2. The van der Waals surface area contributed by atoms with Gasteiger partial charge in [0.2, 0.25) is 5.91 Å². The van der Waals surface area contributed by atoms with Gasteiger partial charge in [-0.1, -0.05) is 0 Å². The molecule has 1 aromatic rings. The Hall–Kier alpha value is -2.70. The molecule has 3 amide bonds. The van der Waals surface area contributed by atoms with Crippen molar-refractivity contribution in [3.05, 3.63) is 29.3 Å². The molecule has 0 saturated heterocycles. The van der Waals surface area contributed by atoms with E-state index in [1.165, 1.54) is 18.2 Å². The molecule has 0 fully saturated rings. The maximum absolute atomic E-state index is 11.4. The molecule has 0 bridgehead atoms. The van der Waals surface area contributed by atoms with Gasteiger partial charge in [0.15, 0.2) is 0 Å². The van der Waals surface area contributed by atoms with Crippen molar-refractivity contribution < 1.29 is 24.3 Å². The second-order valence-electron chi connectivity index (χ2n) is 3.96. The predicted octanol–water partition coefficient (Wildman–Crippen LogP) is -0.961. The third-order valence-electron chi connectivity index (χ3n) is 2.58. The lowest BCUT2D eigenvalue weighted by Crippen LogP contribution is -2.24. The third-order valence-corrected chi connectivity index (χ3v) is 2.58. The van der Waals surface area contributed by atoms with E-state index in [4.69, 9.17) is 0 Å². The SMILES string of the molecule is O=C([O-])CCC(=O)Nc1ccc2c(c1)C(=O)NC2=O. The Morgan fingerprint density at radius 1 is 1.11 bits per heavy atom. The molecule has 0 aromatic heterocycles. The second-order valence-corrected chi connectivity index (χ2v) is 3.96. The third kappa shape index (κ3) is 2.76. The zero-order valence-corrected chi connectivity index (χ0v) is 9.69. The summed E-state index contributed by atoms with van der Waals surface area (Å²) in [6.45, 7) is 0. The Morgan fingerprint density at radius 3 is 2.47 bits per heavy atom. The van der Waals surface area contributed by atoms with Crippen LogP contribution in [0, 0.1) is 0 Å². The lowest BCUT2D eigenvalue weighted by molar-refractivity contribution is -0.305. The number of carbonyl (C=O) groups is 4. The molecule has 1 heterocycles. The van der Waals surface area contributed by atoms with Gasteiger partial charge in [0.1, 0.15) is 0 Å². The number of rotatable bonds is 4. The van der Waals surface area contributed by atoms with E-state index in [1.807, 2.05) is 0 Å². The number of carbonyl (C=O) groups excluding carboxylic acids is 4. The van der Waals surface area contributed by atoms with Gasteiger partial charge in [0.25, 0.3) is 11.8 Å². The monoisotopic (exact) mass is 261 g/mol. The quantitative estimate of drug-likeness (QED) is 0.677. The summed E-state index contributed by atoms with van der Waals surface area (Å²) >= 11 is 0. The molecule has 19 heavy (non-hydrogen) atoms. The highest BCUT2D eigenvalue weighted by atomic mass is 16.4. The molecule has 0 atom stereocenters. The predicted molar refractivity (Wildman–Crippen MR) is 61.1 cm³/mol. The number of benzene rings is 1. The summed E-state index contributed by atoms with van der Waals surface area (Å²) in [5, 5.41) is 14.8. The molecule has 1 aromatic carbocycles. The first-order valence-corrected chi connectivity index (χ1v) is 5.47. The molecule has 2 rings (SSSR count). The maximum Gasteiger partial charge on any atom is 0.259 e. The smallest absolute Gasteiger partial charge is 0.259 e. The summed E-state index contributed by atoms with van der Waals surface area (Å²) in [7, 11) is 0. The Balaban J connectivity index is 2.09. The molecular weight excluding hydrogens is 252 g/mol. The second kappa shape index (κ2) is 4.89. The number of carboxylic acid groups (broad SMARTS) is 1. The number of carboxylic acids is 1. The van der Waals surface area contributed by atoms with Gasteiger partial charge in [-0.05, 0) is 24.6 Å². The normalized spacial score (nSPS) is 12.8. The van der Waals surface area contributed by atoms with Crippen molar-refractivity contribution in [2.24, 2.45) is 0 Å². The molecule has 0 spiro atoms. The number of fused-ring (bicyclic) bond motifs is 1. The van der Waals surface area contributed by atoms with Crippen molar-refractivity contribution in [1.29, 1.82) is 0 Å². The number of imide groups is 1. The van der Waals surface area contributed by atoms with Gasteiger partial charge >= 0.3 is 0 Å². The molecule has 0 saturated carbocycles. The topological polar surface area (TPSA) is 115 Å². The van der Waals surface area contributed by atoms with Crippen molar-refractivity contribution in [3.8, 4) is 0 Å². The first kappa shape index (κ1) is 12.7. The fourth-order valence-electron chi connectivity index (χ4n) is 1.68. The largest absolute Gasteiger partial charge is 0.550 e. The molecule has 7 heteroatoms. The van der Waals surface area contributed by atoms with E-state index >= 15 is 0 Å². The van der Waals surface area contributed by atoms with E-state index in [-0.39, 0.29) is 24.0 Å². The van der Waals surface area contributed by atoms with Crippen molar-refractivity contribution in [2.75, 3.05) is 5.32 Å². The van der Waals surface area contributed by atoms with E-state index in [0.717, 1.165) is 0 Å². The van der Waals surface area contributed by atoms with Crippen LogP contribution in [0.3, 0.4) is 0 Å². The number of amides is 3. The first-order valence-electron chi connectivity index (χ1n) is 5.47. The zero-order chi connectivity index (χ0) is 14.0. The van der Waals surface area contributed by atoms with Crippen LogP contribution in [0.1, 0.15) is 33.6 Å². The summed E-state index contributed by atoms with van der Waals surface area (Å²) in [5.74, 6) is -2.82. The maximum atomic E-state index is 11.4. The average Bonchev–Trinajstić information content (AvgIpc) is 2.62. The summed E-state index contributed by atoms with van der Waals surface area (Å²) in [5.41, 5.74) is 0.757. The van der Waals surface area contributed by atoms with Gasteiger partial charge in [-0.25, -0.2) is 0 Å². The molecule has 2 N–H and O–H groups in total. The van der Waals surface area contributed by atoms with Gasteiger partial charge in [-0.2, -0.15) is 0 Å².